The summed E-state index contributed by atoms with van der Waals surface area (Å²) in [5.74, 6) is 0. The molecular weight excluding hydrogens is 136 g/mol. The van der Waals surface area contributed by atoms with Crippen LogP contribution in [-0.2, 0) is 6.42 Å². The lowest BCUT2D eigenvalue weighted by Gasteiger charge is -1.86. The van der Waals surface area contributed by atoms with Crippen LogP contribution in [0.3, 0.4) is 0 Å². The van der Waals surface area contributed by atoms with Crippen LogP contribution in [0, 0.1) is 6.07 Å². The third kappa shape index (κ3) is 1.00. The van der Waals surface area contributed by atoms with E-state index >= 15 is 0 Å². The Kier molecular flexibility index (Phi) is 1.39. The molecule has 2 rings (SSSR count). The maximum absolute atomic E-state index is 4.37. The molecule has 2 heteroatoms. The Bertz CT molecular complexity index is 329. The van der Waals surface area contributed by atoms with E-state index in [2.05, 4.69) is 18.0 Å². The molecular formula is C9H9N2. The van der Waals surface area contributed by atoms with Crippen LogP contribution < -0.4 is 0 Å². The molecule has 0 atom stereocenters. The van der Waals surface area contributed by atoms with Gasteiger partial charge in [0.15, 0.2) is 0 Å². The van der Waals surface area contributed by atoms with Crippen LogP contribution in [0.4, 0.5) is 0 Å². The number of pyridine rings is 1. The van der Waals surface area contributed by atoms with Gasteiger partial charge in [0.1, 0.15) is 5.65 Å². The van der Waals surface area contributed by atoms with Crippen molar-refractivity contribution in [1.82, 2.24) is 9.38 Å². The zero-order chi connectivity index (χ0) is 7.68. The quantitative estimate of drug-likeness (QED) is 0.597. The number of aromatic nitrogens is 2. The largest absolute Gasteiger partial charge is 0.306 e. The van der Waals surface area contributed by atoms with Gasteiger partial charge in [0, 0.05) is 12.4 Å². The van der Waals surface area contributed by atoms with Crippen LogP contribution in [0.1, 0.15) is 12.6 Å². The highest BCUT2D eigenvalue weighted by atomic mass is 15.0. The second kappa shape index (κ2) is 2.38. The van der Waals surface area contributed by atoms with Gasteiger partial charge in [0.05, 0.1) is 5.69 Å². The number of imidazole rings is 1. The van der Waals surface area contributed by atoms with E-state index in [4.69, 9.17) is 0 Å². The molecule has 2 aromatic heterocycles. The lowest BCUT2D eigenvalue weighted by Crippen LogP contribution is -1.77. The van der Waals surface area contributed by atoms with Gasteiger partial charge in [-0.1, -0.05) is 6.92 Å². The first-order valence-electron chi connectivity index (χ1n) is 3.74. The van der Waals surface area contributed by atoms with Gasteiger partial charge in [0.2, 0.25) is 0 Å². The van der Waals surface area contributed by atoms with E-state index in [0.717, 1.165) is 17.8 Å². The van der Waals surface area contributed by atoms with Crippen LogP contribution in [0.5, 0.6) is 0 Å². The normalized spacial score (nSPS) is 10.6. The van der Waals surface area contributed by atoms with Gasteiger partial charge in [-0.3, -0.25) is 0 Å². The van der Waals surface area contributed by atoms with E-state index in [-0.39, 0.29) is 0 Å². The molecule has 2 nitrogen and oxygen atoms in total. The molecule has 55 valence electrons. The Labute approximate surface area is 65.5 Å². The molecule has 11 heavy (non-hydrogen) atoms. The molecule has 0 saturated heterocycles. The Morgan fingerprint density at radius 1 is 1.64 bits per heavy atom. The maximum atomic E-state index is 4.37. The second-order valence-electron chi connectivity index (χ2n) is 2.48. The van der Waals surface area contributed by atoms with Crippen LogP contribution in [-0.4, -0.2) is 9.38 Å². The molecule has 0 aromatic carbocycles. The molecule has 2 aromatic rings. The summed E-state index contributed by atoms with van der Waals surface area (Å²) in [7, 11) is 0. The van der Waals surface area contributed by atoms with Crippen molar-refractivity contribution in [1.29, 1.82) is 0 Å². The summed E-state index contributed by atoms with van der Waals surface area (Å²) in [6.45, 7) is 2.10. The lowest BCUT2D eigenvalue weighted by molar-refractivity contribution is 1.07. The Balaban J connectivity index is 2.69. The summed E-state index contributed by atoms with van der Waals surface area (Å²) >= 11 is 0. The lowest BCUT2D eigenvalue weighted by atomic mass is 10.4. The molecule has 0 aliphatic heterocycles. The number of aryl methyl sites for hydroxylation is 1. The van der Waals surface area contributed by atoms with E-state index in [1.165, 1.54) is 0 Å². The second-order valence-corrected chi connectivity index (χ2v) is 2.48. The molecule has 0 aliphatic carbocycles. The van der Waals surface area contributed by atoms with Gasteiger partial charge >= 0.3 is 0 Å². The monoisotopic (exact) mass is 145 g/mol. The summed E-state index contributed by atoms with van der Waals surface area (Å²) < 4.78 is 1.98. The summed E-state index contributed by atoms with van der Waals surface area (Å²) in [5.41, 5.74) is 2.13. The minimum atomic E-state index is 0.988. The number of nitrogens with zero attached hydrogens (tertiary/aromatic N) is 2. The first-order valence-corrected chi connectivity index (χ1v) is 3.74. The Hall–Kier alpha value is -1.31. The van der Waals surface area contributed by atoms with Gasteiger partial charge in [-0.15, -0.1) is 0 Å². The fourth-order valence-corrected chi connectivity index (χ4v) is 1.10. The predicted octanol–water partition coefficient (Wildman–Crippen LogP) is 1.70. The van der Waals surface area contributed by atoms with Crippen molar-refractivity contribution in [3.8, 4) is 0 Å². The van der Waals surface area contributed by atoms with Crippen molar-refractivity contribution < 1.29 is 0 Å². The summed E-state index contributed by atoms with van der Waals surface area (Å²) in [6.07, 6.45) is 4.91. The van der Waals surface area contributed by atoms with Crippen LogP contribution in [0.2, 0.25) is 0 Å². The highest BCUT2D eigenvalue weighted by Gasteiger charge is 1.95. The van der Waals surface area contributed by atoms with Crippen LogP contribution in [0.25, 0.3) is 5.65 Å². The fraction of sp³-hybridized carbons (Fsp3) is 0.222. The minimum Gasteiger partial charge on any atom is -0.306 e. The number of fused-ring (bicyclic) bond motifs is 1. The Morgan fingerprint density at radius 2 is 2.55 bits per heavy atom. The van der Waals surface area contributed by atoms with Crippen LogP contribution in [0.15, 0.2) is 24.5 Å². The van der Waals surface area contributed by atoms with Crippen LogP contribution >= 0.6 is 0 Å². The SMILES string of the molecule is CCc1cn2c[c]ccc2n1. The first kappa shape index (κ1) is 6.40. The standard InChI is InChI=1S/C9H9N2/c1-2-8-7-11-6-4-3-5-9(11)10-8/h3,5-7H,2H2,1H3. The van der Waals surface area contributed by atoms with Crippen molar-refractivity contribution in [3.63, 3.8) is 0 Å². The average Bonchev–Trinajstić information content (AvgIpc) is 2.46. The molecule has 0 aliphatic rings. The number of rotatable bonds is 1. The van der Waals surface area contributed by atoms with Crippen molar-refractivity contribution in [2.45, 2.75) is 13.3 Å². The van der Waals surface area contributed by atoms with Crippen molar-refractivity contribution in [2.75, 3.05) is 0 Å². The van der Waals surface area contributed by atoms with E-state index in [1.807, 2.05) is 28.9 Å². The summed E-state index contributed by atoms with van der Waals surface area (Å²) in [6, 6.07) is 6.83. The third-order valence-corrected chi connectivity index (χ3v) is 1.72. The molecule has 0 fully saturated rings. The molecule has 0 amide bonds. The molecule has 0 bridgehead atoms. The van der Waals surface area contributed by atoms with Crippen molar-refractivity contribution in [3.05, 3.63) is 36.3 Å². The molecule has 0 spiro atoms. The average molecular weight is 145 g/mol. The minimum absolute atomic E-state index is 0.988. The fourth-order valence-electron chi connectivity index (χ4n) is 1.10. The summed E-state index contributed by atoms with van der Waals surface area (Å²) in [5, 5.41) is 0. The van der Waals surface area contributed by atoms with Gasteiger partial charge in [-0.05, 0) is 24.6 Å². The van der Waals surface area contributed by atoms with Gasteiger partial charge < -0.3 is 4.40 Å². The zero-order valence-corrected chi connectivity index (χ0v) is 6.41. The van der Waals surface area contributed by atoms with E-state index < -0.39 is 0 Å². The molecule has 2 heterocycles. The van der Waals surface area contributed by atoms with E-state index in [0.29, 0.717) is 0 Å². The zero-order valence-electron chi connectivity index (χ0n) is 6.41. The first-order chi connectivity index (χ1) is 5.40. The van der Waals surface area contributed by atoms with Crippen molar-refractivity contribution in [2.24, 2.45) is 0 Å². The highest BCUT2D eigenvalue weighted by molar-refractivity contribution is 5.38. The number of hydrogen-bond acceptors (Lipinski definition) is 1. The van der Waals surface area contributed by atoms with E-state index in [9.17, 15) is 0 Å². The van der Waals surface area contributed by atoms with Crippen molar-refractivity contribution >= 4 is 5.65 Å². The van der Waals surface area contributed by atoms with Gasteiger partial charge in [0.25, 0.3) is 0 Å². The molecule has 0 saturated carbocycles. The van der Waals surface area contributed by atoms with E-state index in [1.54, 1.807) is 0 Å². The third-order valence-electron chi connectivity index (χ3n) is 1.72. The maximum Gasteiger partial charge on any atom is 0.137 e. The predicted molar refractivity (Wildman–Crippen MR) is 43.4 cm³/mol. The molecule has 0 unspecified atom stereocenters. The Morgan fingerprint density at radius 3 is 3.27 bits per heavy atom. The van der Waals surface area contributed by atoms with Gasteiger partial charge in [-0.2, -0.15) is 0 Å². The smallest absolute Gasteiger partial charge is 0.137 e. The topological polar surface area (TPSA) is 17.3 Å². The summed E-state index contributed by atoms with van der Waals surface area (Å²) in [4.78, 5) is 4.37. The molecule has 0 N–H and O–H groups in total. The molecule has 1 radical (unpaired) electrons. The van der Waals surface area contributed by atoms with Gasteiger partial charge in [-0.25, -0.2) is 4.98 Å². The number of hydrogen-bond donors (Lipinski definition) is 0. The highest BCUT2D eigenvalue weighted by Crippen LogP contribution is 2.03.